The minimum Gasteiger partial charge on any atom is -0.507 e. The van der Waals surface area contributed by atoms with E-state index in [2.05, 4.69) is 15.4 Å². The molecule has 0 bridgehead atoms. The number of hydrogen-bond acceptors (Lipinski definition) is 5. The van der Waals surface area contributed by atoms with Crippen molar-refractivity contribution in [2.75, 3.05) is 5.32 Å². The predicted molar refractivity (Wildman–Crippen MR) is 86.4 cm³/mol. The van der Waals surface area contributed by atoms with E-state index in [0.29, 0.717) is 22.5 Å². The van der Waals surface area contributed by atoms with Gasteiger partial charge in [-0.1, -0.05) is 0 Å². The summed E-state index contributed by atoms with van der Waals surface area (Å²) in [6.45, 7) is 3.75. The summed E-state index contributed by atoms with van der Waals surface area (Å²) < 4.78 is 1.61. The smallest absolute Gasteiger partial charge is 0.261 e. The third-order valence-corrected chi connectivity index (χ3v) is 3.46. The van der Waals surface area contributed by atoms with Gasteiger partial charge in [-0.25, -0.2) is 9.50 Å². The average Bonchev–Trinajstić information content (AvgIpc) is 2.93. The number of aromatic hydroxyl groups is 1. The van der Waals surface area contributed by atoms with Gasteiger partial charge >= 0.3 is 0 Å². The van der Waals surface area contributed by atoms with Crippen LogP contribution in [0.25, 0.3) is 5.65 Å². The molecule has 1 amide bonds. The summed E-state index contributed by atoms with van der Waals surface area (Å²) in [4.78, 5) is 16.8. The highest BCUT2D eigenvalue weighted by molar-refractivity contribution is 6.08. The summed E-state index contributed by atoms with van der Waals surface area (Å²) in [7, 11) is 0. The number of rotatable bonds is 3. The van der Waals surface area contributed by atoms with Crippen molar-refractivity contribution in [3.8, 4) is 5.75 Å². The molecule has 2 heterocycles. The molecule has 3 N–H and O–H groups in total. The van der Waals surface area contributed by atoms with E-state index in [1.165, 1.54) is 18.3 Å². The SMILES string of the molecule is Cc1cc(C)n2ncc(C(=O)Nc3ccc(O)c(C=N)c3)c2n1. The number of carbonyl (C=O) groups is 1. The number of fused-ring (bicyclic) bond motifs is 1. The third kappa shape index (κ3) is 2.64. The molecule has 0 spiro atoms. The van der Waals surface area contributed by atoms with E-state index >= 15 is 0 Å². The summed E-state index contributed by atoms with van der Waals surface area (Å²) in [6.07, 6.45) is 2.50. The van der Waals surface area contributed by atoms with Gasteiger partial charge in [0.05, 0.1) is 6.20 Å². The van der Waals surface area contributed by atoms with Crippen molar-refractivity contribution in [3.05, 3.63) is 53.0 Å². The molecule has 0 aliphatic heterocycles. The number of phenols is 1. The largest absolute Gasteiger partial charge is 0.507 e. The first-order chi connectivity index (χ1) is 11.0. The lowest BCUT2D eigenvalue weighted by Gasteiger charge is -2.06. The standard InChI is InChI=1S/C16H15N5O2/c1-9-5-10(2)21-15(19-9)13(8-18-21)16(23)20-12-3-4-14(22)11(6-12)7-17/h3-8,17,22H,1-2H3,(H,20,23). The zero-order valence-electron chi connectivity index (χ0n) is 12.7. The number of phenolic OH excluding ortho intramolecular Hbond substituents is 1. The van der Waals surface area contributed by atoms with Crippen LogP contribution in [-0.4, -0.2) is 31.8 Å². The summed E-state index contributed by atoms with van der Waals surface area (Å²) in [6, 6.07) is 6.41. The van der Waals surface area contributed by atoms with Crippen molar-refractivity contribution in [3.63, 3.8) is 0 Å². The lowest BCUT2D eigenvalue weighted by Crippen LogP contribution is -2.12. The van der Waals surface area contributed by atoms with Gasteiger partial charge in [-0.2, -0.15) is 5.10 Å². The fraction of sp³-hybridized carbons (Fsp3) is 0.125. The second-order valence-electron chi connectivity index (χ2n) is 5.20. The molecule has 7 heteroatoms. The highest BCUT2D eigenvalue weighted by atomic mass is 16.3. The van der Waals surface area contributed by atoms with Crippen molar-refractivity contribution >= 4 is 23.5 Å². The highest BCUT2D eigenvalue weighted by Crippen LogP contribution is 2.21. The van der Waals surface area contributed by atoms with Gasteiger partial charge in [-0.15, -0.1) is 0 Å². The lowest BCUT2D eigenvalue weighted by atomic mass is 10.2. The molecule has 0 unspecified atom stereocenters. The number of aromatic nitrogens is 3. The maximum atomic E-state index is 12.5. The van der Waals surface area contributed by atoms with Gasteiger partial charge in [0.2, 0.25) is 0 Å². The Bertz CT molecular complexity index is 930. The van der Waals surface area contributed by atoms with Crippen LogP contribution in [0.2, 0.25) is 0 Å². The first-order valence-electron chi connectivity index (χ1n) is 6.96. The molecule has 0 saturated carbocycles. The number of aryl methyl sites for hydroxylation is 2. The van der Waals surface area contributed by atoms with Crippen LogP contribution >= 0.6 is 0 Å². The Balaban J connectivity index is 1.97. The Kier molecular flexibility index (Phi) is 3.53. The van der Waals surface area contributed by atoms with Crippen molar-refractivity contribution < 1.29 is 9.90 Å². The molecule has 1 aromatic carbocycles. The van der Waals surface area contributed by atoms with E-state index in [-0.39, 0.29) is 11.7 Å². The van der Waals surface area contributed by atoms with Crippen LogP contribution in [0.3, 0.4) is 0 Å². The predicted octanol–water partition coefficient (Wildman–Crippen LogP) is 2.30. The Hall–Kier alpha value is -3.22. The average molecular weight is 309 g/mol. The Morgan fingerprint density at radius 1 is 1.35 bits per heavy atom. The Morgan fingerprint density at radius 3 is 2.87 bits per heavy atom. The number of benzene rings is 1. The molecule has 116 valence electrons. The molecule has 0 aliphatic carbocycles. The molecule has 2 aromatic heterocycles. The third-order valence-electron chi connectivity index (χ3n) is 3.46. The van der Waals surface area contributed by atoms with Crippen molar-refractivity contribution in [2.45, 2.75) is 13.8 Å². The van der Waals surface area contributed by atoms with Crippen molar-refractivity contribution in [1.29, 1.82) is 5.41 Å². The van der Waals surface area contributed by atoms with Crippen molar-refractivity contribution in [2.24, 2.45) is 0 Å². The van der Waals surface area contributed by atoms with Crippen LogP contribution < -0.4 is 5.32 Å². The second-order valence-corrected chi connectivity index (χ2v) is 5.20. The zero-order valence-corrected chi connectivity index (χ0v) is 12.7. The molecule has 3 rings (SSSR count). The van der Waals surface area contributed by atoms with Crippen LogP contribution in [0, 0.1) is 19.3 Å². The van der Waals surface area contributed by atoms with Gasteiger partial charge in [-0.05, 0) is 38.1 Å². The molecule has 0 radical (unpaired) electrons. The summed E-state index contributed by atoms with van der Waals surface area (Å²) in [5.41, 5.74) is 3.36. The van der Waals surface area contributed by atoms with E-state index < -0.39 is 0 Å². The zero-order chi connectivity index (χ0) is 16.6. The topological polar surface area (TPSA) is 103 Å². The summed E-state index contributed by atoms with van der Waals surface area (Å²) in [5.74, 6) is -0.360. The van der Waals surface area contributed by atoms with E-state index in [9.17, 15) is 9.90 Å². The minimum atomic E-state index is -0.348. The van der Waals surface area contributed by atoms with Gasteiger partial charge in [0, 0.05) is 28.9 Å². The molecular weight excluding hydrogens is 294 g/mol. The van der Waals surface area contributed by atoms with Gasteiger partial charge in [-0.3, -0.25) is 4.79 Å². The number of nitrogens with one attached hydrogen (secondary N) is 2. The molecule has 0 fully saturated rings. The number of anilines is 1. The fourth-order valence-corrected chi connectivity index (χ4v) is 2.38. The first-order valence-corrected chi connectivity index (χ1v) is 6.96. The maximum absolute atomic E-state index is 12.5. The second kappa shape index (κ2) is 5.53. The van der Waals surface area contributed by atoms with Gasteiger partial charge < -0.3 is 15.8 Å². The number of carbonyl (C=O) groups excluding carboxylic acids is 1. The van der Waals surface area contributed by atoms with E-state index in [1.807, 2.05) is 19.9 Å². The van der Waals surface area contributed by atoms with Gasteiger partial charge in [0.25, 0.3) is 5.91 Å². The Labute approximate surface area is 132 Å². The van der Waals surface area contributed by atoms with Crippen LogP contribution in [0.15, 0.2) is 30.5 Å². The fourth-order valence-electron chi connectivity index (χ4n) is 2.38. The van der Waals surface area contributed by atoms with E-state index in [1.54, 1.807) is 10.6 Å². The van der Waals surface area contributed by atoms with Crippen molar-refractivity contribution in [1.82, 2.24) is 14.6 Å². The van der Waals surface area contributed by atoms with Crippen LogP contribution in [0.5, 0.6) is 5.75 Å². The molecular formula is C16H15N5O2. The number of nitrogens with zero attached hydrogens (tertiary/aromatic N) is 3. The monoisotopic (exact) mass is 309 g/mol. The van der Waals surface area contributed by atoms with Crippen LogP contribution in [0.4, 0.5) is 5.69 Å². The van der Waals surface area contributed by atoms with Gasteiger partial charge in [0.1, 0.15) is 11.3 Å². The highest BCUT2D eigenvalue weighted by Gasteiger charge is 2.16. The number of amides is 1. The molecule has 3 aromatic rings. The maximum Gasteiger partial charge on any atom is 0.261 e. The summed E-state index contributed by atoms with van der Waals surface area (Å²) in [5, 5.41) is 23.7. The molecule has 7 nitrogen and oxygen atoms in total. The Morgan fingerprint density at radius 2 is 2.13 bits per heavy atom. The van der Waals surface area contributed by atoms with E-state index in [4.69, 9.17) is 5.41 Å². The van der Waals surface area contributed by atoms with E-state index in [0.717, 1.165) is 17.6 Å². The van der Waals surface area contributed by atoms with Crippen LogP contribution in [-0.2, 0) is 0 Å². The molecule has 0 atom stereocenters. The number of hydrogen-bond donors (Lipinski definition) is 3. The van der Waals surface area contributed by atoms with Crippen LogP contribution in [0.1, 0.15) is 27.3 Å². The first kappa shape index (κ1) is 14.7. The minimum absolute atomic E-state index is 0.0121. The lowest BCUT2D eigenvalue weighted by molar-refractivity contribution is 0.102. The molecule has 23 heavy (non-hydrogen) atoms. The van der Waals surface area contributed by atoms with Gasteiger partial charge in [0.15, 0.2) is 5.65 Å². The molecule has 0 saturated heterocycles. The normalized spacial score (nSPS) is 10.7. The molecule has 0 aliphatic rings. The summed E-state index contributed by atoms with van der Waals surface area (Å²) >= 11 is 0. The quantitative estimate of drug-likeness (QED) is 0.510.